The van der Waals surface area contributed by atoms with Crippen LogP contribution in [0.2, 0.25) is 0 Å². The molecule has 2 aliphatic heterocycles. The number of rotatable bonds is 4. The van der Waals surface area contributed by atoms with Crippen LogP contribution in [0.5, 0.6) is 23.0 Å². The molecule has 4 rings (SSSR count). The van der Waals surface area contributed by atoms with Crippen molar-refractivity contribution in [3.63, 3.8) is 0 Å². The number of aromatic hydroxyl groups is 2. The van der Waals surface area contributed by atoms with Crippen LogP contribution in [0, 0.1) is 11.8 Å². The van der Waals surface area contributed by atoms with E-state index in [0.717, 1.165) is 11.1 Å². The Balaban J connectivity index is 1.58. The van der Waals surface area contributed by atoms with E-state index in [1.54, 1.807) is 12.1 Å². The van der Waals surface area contributed by atoms with E-state index in [1.165, 1.54) is 14.2 Å². The molecule has 2 unspecified atom stereocenters. The quantitative estimate of drug-likeness (QED) is 0.874. The fourth-order valence-corrected chi connectivity index (χ4v) is 3.98. The highest BCUT2D eigenvalue weighted by atomic mass is 16.5. The Morgan fingerprint density at radius 2 is 1.19 bits per heavy atom. The maximum absolute atomic E-state index is 9.80. The Morgan fingerprint density at radius 3 is 1.58 bits per heavy atom. The van der Waals surface area contributed by atoms with E-state index < -0.39 is 0 Å². The number of phenols is 2. The molecule has 0 amide bonds. The van der Waals surface area contributed by atoms with E-state index in [9.17, 15) is 10.2 Å². The van der Waals surface area contributed by atoms with E-state index in [-0.39, 0.29) is 35.5 Å². The number of ether oxygens (including phenoxy) is 4. The first-order chi connectivity index (χ1) is 12.6. The average molecular weight is 358 g/mol. The Hall–Kier alpha value is -2.44. The number of phenolic OH excluding ortho intramolecular Hbond substituents is 2. The molecule has 0 aromatic heterocycles. The standard InChI is InChI=1S/C20H22O6/c1-23-17-7-11(3-5-15(17)21)19-13-9-26-20(14(13)10-25-19)12-4-6-16(22)18(8-12)24-2/h3-8,13-14,19-22H,9-10H2,1-2H3/t13-,14-,19?,20?/m0/s1. The van der Waals surface area contributed by atoms with Gasteiger partial charge in [-0.1, -0.05) is 12.1 Å². The molecule has 2 saturated heterocycles. The van der Waals surface area contributed by atoms with Crippen molar-refractivity contribution in [3.05, 3.63) is 47.5 Å². The fourth-order valence-electron chi connectivity index (χ4n) is 3.98. The first-order valence-corrected chi connectivity index (χ1v) is 8.59. The first kappa shape index (κ1) is 17.0. The number of methoxy groups -OCH3 is 2. The van der Waals surface area contributed by atoms with Crippen molar-refractivity contribution in [1.82, 2.24) is 0 Å². The van der Waals surface area contributed by atoms with Crippen molar-refractivity contribution in [3.8, 4) is 23.0 Å². The third kappa shape index (κ3) is 2.75. The van der Waals surface area contributed by atoms with Gasteiger partial charge in [0.25, 0.3) is 0 Å². The summed E-state index contributed by atoms with van der Waals surface area (Å²) in [5.74, 6) is 1.54. The van der Waals surface area contributed by atoms with E-state index in [4.69, 9.17) is 18.9 Å². The van der Waals surface area contributed by atoms with Crippen LogP contribution in [0.15, 0.2) is 36.4 Å². The molecule has 6 heteroatoms. The summed E-state index contributed by atoms with van der Waals surface area (Å²) in [5.41, 5.74) is 1.94. The van der Waals surface area contributed by atoms with Gasteiger partial charge < -0.3 is 29.2 Å². The number of fused-ring (bicyclic) bond motifs is 1. The zero-order chi connectivity index (χ0) is 18.3. The Kier molecular flexibility index (Phi) is 4.38. The summed E-state index contributed by atoms with van der Waals surface area (Å²) in [6.45, 7) is 1.18. The lowest BCUT2D eigenvalue weighted by atomic mass is 9.85. The van der Waals surface area contributed by atoms with Gasteiger partial charge in [-0.15, -0.1) is 0 Å². The predicted octanol–water partition coefficient (Wildman–Crippen LogP) is 3.19. The smallest absolute Gasteiger partial charge is 0.160 e. The minimum atomic E-state index is -0.0986. The van der Waals surface area contributed by atoms with Crippen LogP contribution in [0.1, 0.15) is 23.3 Å². The second kappa shape index (κ2) is 6.70. The van der Waals surface area contributed by atoms with E-state index in [2.05, 4.69) is 0 Å². The predicted molar refractivity (Wildman–Crippen MR) is 93.7 cm³/mol. The molecule has 0 radical (unpaired) electrons. The molecular formula is C20H22O6. The Bertz CT molecular complexity index is 737. The number of hydrogen-bond acceptors (Lipinski definition) is 6. The summed E-state index contributed by atoms with van der Waals surface area (Å²) >= 11 is 0. The van der Waals surface area contributed by atoms with Gasteiger partial charge in [0, 0.05) is 11.8 Å². The molecule has 2 aromatic rings. The largest absolute Gasteiger partial charge is 0.504 e. The third-order valence-corrected chi connectivity index (χ3v) is 5.33. The van der Waals surface area contributed by atoms with Gasteiger partial charge in [-0.3, -0.25) is 0 Å². The molecule has 138 valence electrons. The minimum Gasteiger partial charge on any atom is -0.504 e. The summed E-state index contributed by atoms with van der Waals surface area (Å²) in [6.07, 6.45) is -0.197. The minimum absolute atomic E-state index is 0.0986. The first-order valence-electron chi connectivity index (χ1n) is 8.59. The summed E-state index contributed by atoms with van der Waals surface area (Å²) in [7, 11) is 3.06. The maximum atomic E-state index is 9.80. The summed E-state index contributed by atoms with van der Waals surface area (Å²) in [5, 5.41) is 19.6. The van der Waals surface area contributed by atoms with Crippen LogP contribution < -0.4 is 9.47 Å². The fraction of sp³-hybridized carbons (Fsp3) is 0.400. The molecular weight excluding hydrogens is 336 g/mol. The molecule has 0 bridgehead atoms. The lowest BCUT2D eigenvalue weighted by Gasteiger charge is -2.18. The van der Waals surface area contributed by atoms with Crippen molar-refractivity contribution in [1.29, 1.82) is 0 Å². The van der Waals surface area contributed by atoms with Crippen LogP contribution in [0.4, 0.5) is 0 Å². The zero-order valence-corrected chi connectivity index (χ0v) is 14.7. The van der Waals surface area contributed by atoms with Crippen molar-refractivity contribution < 1.29 is 29.2 Å². The maximum Gasteiger partial charge on any atom is 0.160 e. The molecule has 2 fully saturated rings. The molecule has 26 heavy (non-hydrogen) atoms. The zero-order valence-electron chi connectivity index (χ0n) is 14.7. The highest BCUT2D eigenvalue weighted by molar-refractivity contribution is 5.44. The SMILES string of the molecule is COc1cc(C2OC[C@@H]3C(c4ccc(O)c(OC)c4)OC[C@H]23)ccc1O. The highest BCUT2D eigenvalue weighted by Gasteiger charge is 2.48. The summed E-state index contributed by atoms with van der Waals surface area (Å²) in [4.78, 5) is 0. The van der Waals surface area contributed by atoms with E-state index in [0.29, 0.717) is 24.7 Å². The molecule has 2 aromatic carbocycles. The van der Waals surface area contributed by atoms with Gasteiger partial charge in [0.2, 0.25) is 0 Å². The monoisotopic (exact) mass is 358 g/mol. The second-order valence-corrected chi connectivity index (χ2v) is 6.70. The molecule has 6 nitrogen and oxygen atoms in total. The molecule has 2 aliphatic rings. The van der Waals surface area contributed by atoms with E-state index in [1.807, 2.05) is 24.3 Å². The van der Waals surface area contributed by atoms with Gasteiger partial charge in [-0.05, 0) is 35.4 Å². The molecule has 0 aliphatic carbocycles. The van der Waals surface area contributed by atoms with Crippen LogP contribution >= 0.6 is 0 Å². The van der Waals surface area contributed by atoms with Crippen molar-refractivity contribution >= 4 is 0 Å². The van der Waals surface area contributed by atoms with Crippen LogP contribution in [-0.4, -0.2) is 37.6 Å². The molecule has 0 saturated carbocycles. The van der Waals surface area contributed by atoms with Gasteiger partial charge in [-0.25, -0.2) is 0 Å². The lowest BCUT2D eigenvalue weighted by molar-refractivity contribution is 0.0191. The van der Waals surface area contributed by atoms with Gasteiger partial charge in [-0.2, -0.15) is 0 Å². The molecule has 4 atom stereocenters. The Labute approximate surface area is 151 Å². The van der Waals surface area contributed by atoms with Crippen LogP contribution in [-0.2, 0) is 9.47 Å². The van der Waals surface area contributed by atoms with E-state index >= 15 is 0 Å². The highest BCUT2D eigenvalue weighted by Crippen LogP contribution is 2.51. The van der Waals surface area contributed by atoms with Crippen molar-refractivity contribution in [2.45, 2.75) is 12.2 Å². The second-order valence-electron chi connectivity index (χ2n) is 6.70. The van der Waals surface area contributed by atoms with Crippen LogP contribution in [0.3, 0.4) is 0 Å². The summed E-state index contributed by atoms with van der Waals surface area (Å²) < 4.78 is 22.6. The molecule has 2 N–H and O–H groups in total. The van der Waals surface area contributed by atoms with Gasteiger partial charge in [0.1, 0.15) is 0 Å². The number of hydrogen-bond donors (Lipinski definition) is 2. The molecule has 2 heterocycles. The third-order valence-electron chi connectivity index (χ3n) is 5.33. The van der Waals surface area contributed by atoms with Crippen molar-refractivity contribution in [2.75, 3.05) is 27.4 Å². The van der Waals surface area contributed by atoms with Gasteiger partial charge in [0.05, 0.1) is 39.6 Å². The lowest BCUT2D eigenvalue weighted by Crippen LogP contribution is -2.14. The van der Waals surface area contributed by atoms with Crippen LogP contribution in [0.25, 0.3) is 0 Å². The van der Waals surface area contributed by atoms with Gasteiger partial charge in [0.15, 0.2) is 23.0 Å². The molecule has 0 spiro atoms. The van der Waals surface area contributed by atoms with Gasteiger partial charge >= 0.3 is 0 Å². The normalized spacial score (nSPS) is 27.3. The topological polar surface area (TPSA) is 77.4 Å². The summed E-state index contributed by atoms with van der Waals surface area (Å²) in [6, 6.07) is 10.6. The average Bonchev–Trinajstić information content (AvgIpc) is 3.25. The Morgan fingerprint density at radius 1 is 0.769 bits per heavy atom. The van der Waals surface area contributed by atoms with Crippen molar-refractivity contribution in [2.24, 2.45) is 11.8 Å². The number of benzene rings is 2.